The predicted octanol–water partition coefficient (Wildman–Crippen LogP) is 2.30. The van der Waals surface area contributed by atoms with Crippen molar-refractivity contribution in [2.75, 3.05) is 11.9 Å². The van der Waals surface area contributed by atoms with Crippen LogP contribution in [0.2, 0.25) is 0 Å². The van der Waals surface area contributed by atoms with E-state index in [0.29, 0.717) is 13.0 Å². The Bertz CT molecular complexity index is 534. The second-order valence-corrected chi connectivity index (χ2v) is 4.20. The van der Waals surface area contributed by atoms with Gasteiger partial charge in [-0.05, 0) is 36.9 Å². The van der Waals surface area contributed by atoms with Gasteiger partial charge in [0.05, 0.1) is 5.69 Å². The van der Waals surface area contributed by atoms with Gasteiger partial charge in [0, 0.05) is 24.2 Å². The molecule has 1 heterocycles. The van der Waals surface area contributed by atoms with Crippen LogP contribution in [0.4, 0.5) is 5.69 Å². The minimum absolute atomic E-state index is 0.0276. The van der Waals surface area contributed by atoms with Crippen molar-refractivity contribution in [3.05, 3.63) is 36.7 Å². The molecule has 0 saturated carbocycles. The molecule has 1 aromatic carbocycles. The van der Waals surface area contributed by atoms with E-state index in [9.17, 15) is 4.79 Å². The average Bonchev–Trinajstić information content (AvgIpc) is 2.39. The van der Waals surface area contributed by atoms with Gasteiger partial charge in [-0.15, -0.1) is 0 Å². The number of fused-ring (bicyclic) bond motifs is 1. The Morgan fingerprint density at radius 3 is 3.00 bits per heavy atom. The number of carbonyl (C=O) groups excluding carboxylic acids is 1. The minimum atomic E-state index is 0.0276. The molecule has 1 amide bonds. The maximum absolute atomic E-state index is 11.8. The highest BCUT2D eigenvalue weighted by Gasteiger charge is 2.05. The molecular weight excluding hydrogens is 226 g/mol. The zero-order valence-electron chi connectivity index (χ0n) is 10.2. The van der Waals surface area contributed by atoms with Gasteiger partial charge < -0.3 is 11.1 Å². The van der Waals surface area contributed by atoms with Crippen LogP contribution in [-0.2, 0) is 4.79 Å². The zero-order chi connectivity index (χ0) is 12.8. The van der Waals surface area contributed by atoms with Crippen LogP contribution >= 0.6 is 0 Å². The van der Waals surface area contributed by atoms with Crippen molar-refractivity contribution in [3.8, 4) is 0 Å². The molecule has 0 aliphatic carbocycles. The Morgan fingerprint density at radius 1 is 1.28 bits per heavy atom. The lowest BCUT2D eigenvalue weighted by atomic mass is 10.1. The van der Waals surface area contributed by atoms with E-state index in [1.54, 1.807) is 12.4 Å². The molecule has 2 rings (SSSR count). The minimum Gasteiger partial charge on any atom is -0.330 e. The van der Waals surface area contributed by atoms with Crippen molar-refractivity contribution in [1.82, 2.24) is 4.98 Å². The van der Waals surface area contributed by atoms with Crippen LogP contribution < -0.4 is 11.1 Å². The van der Waals surface area contributed by atoms with Gasteiger partial charge in [-0.3, -0.25) is 9.78 Å². The SMILES string of the molecule is NCCCCC(=O)Nc1cccc2ccncc12. The number of benzene rings is 1. The quantitative estimate of drug-likeness (QED) is 0.792. The van der Waals surface area contributed by atoms with E-state index in [2.05, 4.69) is 10.3 Å². The summed E-state index contributed by atoms with van der Waals surface area (Å²) in [6.07, 6.45) is 5.73. The van der Waals surface area contributed by atoms with Crippen molar-refractivity contribution in [2.45, 2.75) is 19.3 Å². The summed E-state index contributed by atoms with van der Waals surface area (Å²) in [5.74, 6) is 0.0276. The molecule has 0 spiro atoms. The summed E-state index contributed by atoms with van der Waals surface area (Å²) < 4.78 is 0. The molecule has 0 unspecified atom stereocenters. The van der Waals surface area contributed by atoms with Crippen LogP contribution in [0.25, 0.3) is 10.8 Å². The summed E-state index contributed by atoms with van der Waals surface area (Å²) in [5, 5.41) is 4.96. The van der Waals surface area contributed by atoms with E-state index >= 15 is 0 Å². The number of nitrogens with one attached hydrogen (secondary N) is 1. The first kappa shape index (κ1) is 12.5. The van der Waals surface area contributed by atoms with Gasteiger partial charge in [-0.2, -0.15) is 0 Å². The van der Waals surface area contributed by atoms with E-state index < -0.39 is 0 Å². The monoisotopic (exact) mass is 243 g/mol. The Hall–Kier alpha value is -1.94. The standard InChI is InChI=1S/C14H17N3O/c15-8-2-1-6-14(18)17-13-5-3-4-11-7-9-16-10-12(11)13/h3-5,7,9-10H,1-2,6,8,15H2,(H,17,18). The maximum atomic E-state index is 11.8. The fourth-order valence-electron chi connectivity index (χ4n) is 1.86. The molecule has 0 bridgehead atoms. The Morgan fingerprint density at radius 2 is 2.17 bits per heavy atom. The smallest absolute Gasteiger partial charge is 0.224 e. The fraction of sp³-hybridized carbons (Fsp3) is 0.286. The van der Waals surface area contributed by atoms with E-state index in [4.69, 9.17) is 5.73 Å². The van der Waals surface area contributed by atoms with Gasteiger partial charge in [0.1, 0.15) is 0 Å². The number of hydrogen-bond donors (Lipinski definition) is 2. The molecule has 0 radical (unpaired) electrons. The lowest BCUT2D eigenvalue weighted by Gasteiger charge is -2.08. The van der Waals surface area contributed by atoms with Crippen molar-refractivity contribution >= 4 is 22.4 Å². The number of aromatic nitrogens is 1. The highest BCUT2D eigenvalue weighted by molar-refractivity contribution is 6.01. The largest absolute Gasteiger partial charge is 0.330 e. The summed E-state index contributed by atoms with van der Waals surface area (Å²) in [4.78, 5) is 15.8. The summed E-state index contributed by atoms with van der Waals surface area (Å²) in [5.41, 5.74) is 6.22. The number of pyridine rings is 1. The molecule has 94 valence electrons. The van der Waals surface area contributed by atoms with Crippen LogP contribution in [-0.4, -0.2) is 17.4 Å². The molecular formula is C14H17N3O. The normalized spacial score (nSPS) is 10.5. The highest BCUT2D eigenvalue weighted by atomic mass is 16.1. The first-order valence-corrected chi connectivity index (χ1v) is 6.14. The molecule has 0 saturated heterocycles. The number of carbonyl (C=O) groups is 1. The second-order valence-electron chi connectivity index (χ2n) is 4.20. The van der Waals surface area contributed by atoms with Crippen molar-refractivity contribution in [3.63, 3.8) is 0 Å². The van der Waals surface area contributed by atoms with Gasteiger partial charge in [-0.1, -0.05) is 12.1 Å². The van der Waals surface area contributed by atoms with Gasteiger partial charge in [0.25, 0.3) is 0 Å². The molecule has 2 aromatic rings. The lowest BCUT2D eigenvalue weighted by molar-refractivity contribution is -0.116. The number of nitrogens with zero attached hydrogens (tertiary/aromatic N) is 1. The lowest BCUT2D eigenvalue weighted by Crippen LogP contribution is -2.12. The summed E-state index contributed by atoms with van der Waals surface area (Å²) in [6, 6.07) is 7.75. The molecule has 0 fully saturated rings. The highest BCUT2D eigenvalue weighted by Crippen LogP contribution is 2.22. The summed E-state index contributed by atoms with van der Waals surface area (Å²) in [6.45, 7) is 0.630. The van der Waals surface area contributed by atoms with Crippen LogP contribution in [0.3, 0.4) is 0 Å². The number of amides is 1. The predicted molar refractivity (Wildman–Crippen MR) is 73.3 cm³/mol. The molecule has 0 aliphatic rings. The molecule has 18 heavy (non-hydrogen) atoms. The van der Waals surface area contributed by atoms with Crippen molar-refractivity contribution in [1.29, 1.82) is 0 Å². The Kier molecular flexibility index (Phi) is 4.25. The third-order valence-corrected chi connectivity index (χ3v) is 2.82. The molecule has 4 heteroatoms. The molecule has 0 aliphatic heterocycles. The third-order valence-electron chi connectivity index (χ3n) is 2.82. The van der Waals surface area contributed by atoms with E-state index in [1.165, 1.54) is 0 Å². The van der Waals surface area contributed by atoms with Gasteiger partial charge in [0.15, 0.2) is 0 Å². The third kappa shape index (κ3) is 3.05. The molecule has 3 N–H and O–H groups in total. The van der Waals surface area contributed by atoms with E-state index in [1.807, 2.05) is 24.3 Å². The molecule has 1 aromatic heterocycles. The van der Waals surface area contributed by atoms with Crippen LogP contribution in [0.5, 0.6) is 0 Å². The van der Waals surface area contributed by atoms with Gasteiger partial charge in [-0.25, -0.2) is 0 Å². The first-order chi connectivity index (χ1) is 8.81. The maximum Gasteiger partial charge on any atom is 0.224 e. The van der Waals surface area contributed by atoms with E-state index in [0.717, 1.165) is 29.3 Å². The fourth-order valence-corrected chi connectivity index (χ4v) is 1.86. The second kappa shape index (κ2) is 6.12. The van der Waals surface area contributed by atoms with Crippen LogP contribution in [0.1, 0.15) is 19.3 Å². The number of unbranched alkanes of at least 4 members (excludes halogenated alkanes) is 1. The average molecular weight is 243 g/mol. The van der Waals surface area contributed by atoms with Gasteiger partial charge >= 0.3 is 0 Å². The van der Waals surface area contributed by atoms with E-state index in [-0.39, 0.29) is 5.91 Å². The first-order valence-electron chi connectivity index (χ1n) is 6.14. The topological polar surface area (TPSA) is 68.0 Å². The molecule has 4 nitrogen and oxygen atoms in total. The zero-order valence-corrected chi connectivity index (χ0v) is 10.2. The van der Waals surface area contributed by atoms with Crippen molar-refractivity contribution in [2.24, 2.45) is 5.73 Å². The number of rotatable bonds is 5. The van der Waals surface area contributed by atoms with Crippen molar-refractivity contribution < 1.29 is 4.79 Å². The van der Waals surface area contributed by atoms with Crippen LogP contribution in [0.15, 0.2) is 36.7 Å². The molecule has 0 atom stereocenters. The number of nitrogens with two attached hydrogens (primary N) is 1. The number of anilines is 1. The van der Waals surface area contributed by atoms with Crippen LogP contribution in [0, 0.1) is 0 Å². The summed E-state index contributed by atoms with van der Waals surface area (Å²) in [7, 11) is 0. The summed E-state index contributed by atoms with van der Waals surface area (Å²) >= 11 is 0. The Labute approximate surface area is 106 Å². The Balaban J connectivity index is 2.09. The van der Waals surface area contributed by atoms with Gasteiger partial charge in [0.2, 0.25) is 5.91 Å². The number of hydrogen-bond acceptors (Lipinski definition) is 3.